The second kappa shape index (κ2) is 6.09. The van der Waals surface area contributed by atoms with E-state index in [1.165, 1.54) is 17.0 Å². The molecule has 0 saturated carbocycles. The summed E-state index contributed by atoms with van der Waals surface area (Å²) in [5.41, 5.74) is -0.202. The van der Waals surface area contributed by atoms with Crippen molar-refractivity contribution in [3.63, 3.8) is 0 Å². The molecule has 0 radical (unpaired) electrons. The number of aliphatic carboxylic acids is 1. The van der Waals surface area contributed by atoms with Crippen LogP contribution in [0.3, 0.4) is 0 Å². The van der Waals surface area contributed by atoms with E-state index in [-0.39, 0.29) is 22.8 Å². The Bertz CT molecular complexity index is 604. The Morgan fingerprint density at radius 2 is 2.14 bits per heavy atom. The maximum Gasteiger partial charge on any atom is 0.308 e. The summed E-state index contributed by atoms with van der Waals surface area (Å²) in [4.78, 5) is 34.9. The van der Waals surface area contributed by atoms with Crippen molar-refractivity contribution < 1.29 is 19.6 Å². The molecule has 1 aliphatic rings. The average molecular weight is 313 g/mol. The molecule has 0 bridgehead atoms. The van der Waals surface area contributed by atoms with Crippen LogP contribution in [-0.2, 0) is 4.79 Å². The first kappa shape index (κ1) is 15.2. The van der Waals surface area contributed by atoms with Crippen molar-refractivity contribution in [2.75, 3.05) is 13.1 Å². The van der Waals surface area contributed by atoms with Crippen LogP contribution in [0.1, 0.15) is 23.2 Å². The fraction of sp³-hybridized carbons (Fsp3) is 0.385. The number of carboxylic acid groups (broad SMARTS) is 1. The van der Waals surface area contributed by atoms with Gasteiger partial charge in [-0.05, 0) is 25.0 Å². The van der Waals surface area contributed by atoms with E-state index in [0.29, 0.717) is 19.4 Å². The molecule has 1 atom stereocenters. The van der Waals surface area contributed by atoms with Gasteiger partial charge in [0.2, 0.25) is 0 Å². The number of carboxylic acids is 1. The van der Waals surface area contributed by atoms with E-state index in [2.05, 4.69) is 0 Å². The summed E-state index contributed by atoms with van der Waals surface area (Å²) < 4.78 is 0. The fourth-order valence-electron chi connectivity index (χ4n) is 2.33. The highest BCUT2D eigenvalue weighted by atomic mass is 35.5. The second-order valence-electron chi connectivity index (χ2n) is 4.85. The zero-order valence-corrected chi connectivity index (χ0v) is 11.7. The SMILES string of the molecule is O=C(O)[C@H]1CCCN(C(=O)c2ccc(Cl)c([N+](=O)[O-])c2)C1. The zero-order valence-electron chi connectivity index (χ0n) is 11.0. The summed E-state index contributed by atoms with van der Waals surface area (Å²) in [6.07, 6.45) is 1.12. The predicted molar refractivity (Wildman–Crippen MR) is 74.4 cm³/mol. The summed E-state index contributed by atoms with van der Waals surface area (Å²) in [5, 5.41) is 19.8. The molecule has 1 fully saturated rings. The molecule has 0 aromatic heterocycles. The van der Waals surface area contributed by atoms with Crippen LogP contribution in [0.15, 0.2) is 18.2 Å². The number of nitro groups is 1. The van der Waals surface area contributed by atoms with E-state index in [1.807, 2.05) is 0 Å². The van der Waals surface area contributed by atoms with Crippen LogP contribution < -0.4 is 0 Å². The Hall–Kier alpha value is -2.15. The molecule has 2 rings (SSSR count). The Balaban J connectivity index is 2.22. The van der Waals surface area contributed by atoms with Gasteiger partial charge in [0.25, 0.3) is 11.6 Å². The van der Waals surface area contributed by atoms with E-state index in [0.717, 1.165) is 6.07 Å². The molecule has 112 valence electrons. The number of likely N-dealkylation sites (tertiary alicyclic amines) is 1. The number of hydrogen-bond acceptors (Lipinski definition) is 4. The highest BCUT2D eigenvalue weighted by Crippen LogP contribution is 2.26. The van der Waals surface area contributed by atoms with Gasteiger partial charge in [0.1, 0.15) is 5.02 Å². The van der Waals surface area contributed by atoms with Gasteiger partial charge in [0.15, 0.2) is 0 Å². The molecule has 1 aliphatic heterocycles. The number of carbonyl (C=O) groups excluding carboxylic acids is 1. The number of benzene rings is 1. The van der Waals surface area contributed by atoms with E-state index in [1.54, 1.807) is 0 Å². The Kier molecular flexibility index (Phi) is 4.42. The molecule has 1 aromatic carbocycles. The van der Waals surface area contributed by atoms with Gasteiger partial charge in [-0.3, -0.25) is 19.7 Å². The third kappa shape index (κ3) is 3.30. The quantitative estimate of drug-likeness (QED) is 0.681. The Labute approximate surface area is 125 Å². The predicted octanol–water partition coefficient (Wildman–Crippen LogP) is 2.19. The monoisotopic (exact) mass is 312 g/mol. The highest BCUT2D eigenvalue weighted by molar-refractivity contribution is 6.32. The molecule has 1 N–H and O–H groups in total. The van der Waals surface area contributed by atoms with Crippen LogP contribution in [0.2, 0.25) is 5.02 Å². The molecule has 0 aliphatic carbocycles. The number of halogens is 1. The lowest BCUT2D eigenvalue weighted by atomic mass is 9.97. The van der Waals surface area contributed by atoms with Crippen molar-refractivity contribution >= 4 is 29.2 Å². The van der Waals surface area contributed by atoms with Crippen molar-refractivity contribution in [3.05, 3.63) is 38.9 Å². The standard InChI is InChI=1S/C13H13ClN2O5/c14-10-4-3-8(6-11(10)16(20)21)12(17)15-5-1-2-9(7-15)13(18)19/h3-4,6,9H,1-2,5,7H2,(H,18,19)/t9-/m0/s1. The second-order valence-corrected chi connectivity index (χ2v) is 5.26. The number of amides is 1. The summed E-state index contributed by atoms with van der Waals surface area (Å²) in [6, 6.07) is 3.82. The number of nitro benzene ring substituents is 1. The Morgan fingerprint density at radius 1 is 1.43 bits per heavy atom. The minimum absolute atomic E-state index is 0.0430. The maximum absolute atomic E-state index is 12.3. The molecule has 1 amide bonds. The summed E-state index contributed by atoms with van der Waals surface area (Å²) >= 11 is 5.70. The lowest BCUT2D eigenvalue weighted by Crippen LogP contribution is -2.42. The van der Waals surface area contributed by atoms with Gasteiger partial charge in [-0.15, -0.1) is 0 Å². The molecule has 1 aromatic rings. The largest absolute Gasteiger partial charge is 0.481 e. The van der Waals surface area contributed by atoms with E-state index in [4.69, 9.17) is 16.7 Å². The molecule has 21 heavy (non-hydrogen) atoms. The zero-order chi connectivity index (χ0) is 15.6. The smallest absolute Gasteiger partial charge is 0.308 e. The highest BCUT2D eigenvalue weighted by Gasteiger charge is 2.29. The average Bonchev–Trinajstić information content (AvgIpc) is 2.46. The lowest BCUT2D eigenvalue weighted by molar-refractivity contribution is -0.384. The van der Waals surface area contributed by atoms with Crippen LogP contribution >= 0.6 is 11.6 Å². The number of piperidine rings is 1. The molecular weight excluding hydrogens is 300 g/mol. The van der Waals surface area contributed by atoms with Gasteiger partial charge in [-0.1, -0.05) is 11.6 Å². The van der Waals surface area contributed by atoms with Crippen LogP contribution in [0, 0.1) is 16.0 Å². The summed E-state index contributed by atoms with van der Waals surface area (Å²) in [6.45, 7) is 0.559. The molecule has 7 nitrogen and oxygen atoms in total. The summed E-state index contributed by atoms with van der Waals surface area (Å²) in [5.74, 6) is -1.94. The van der Waals surface area contributed by atoms with Gasteiger partial charge in [-0.25, -0.2) is 0 Å². The molecular formula is C13H13ClN2O5. The molecule has 8 heteroatoms. The van der Waals surface area contributed by atoms with E-state index >= 15 is 0 Å². The van der Waals surface area contributed by atoms with Crippen molar-refractivity contribution in [1.29, 1.82) is 0 Å². The molecule has 1 saturated heterocycles. The Morgan fingerprint density at radius 3 is 2.76 bits per heavy atom. The molecule has 1 heterocycles. The van der Waals surface area contributed by atoms with Crippen LogP contribution in [0.25, 0.3) is 0 Å². The third-order valence-corrected chi connectivity index (χ3v) is 3.77. The van der Waals surface area contributed by atoms with Crippen LogP contribution in [-0.4, -0.2) is 39.9 Å². The minimum Gasteiger partial charge on any atom is -0.481 e. The van der Waals surface area contributed by atoms with E-state index in [9.17, 15) is 19.7 Å². The first-order valence-electron chi connectivity index (χ1n) is 6.36. The first-order chi connectivity index (χ1) is 9.90. The van der Waals surface area contributed by atoms with Gasteiger partial charge < -0.3 is 10.0 Å². The van der Waals surface area contributed by atoms with Gasteiger partial charge in [0.05, 0.1) is 10.8 Å². The number of rotatable bonds is 3. The number of hydrogen-bond donors (Lipinski definition) is 1. The van der Waals surface area contributed by atoms with Gasteiger partial charge in [-0.2, -0.15) is 0 Å². The first-order valence-corrected chi connectivity index (χ1v) is 6.74. The molecule has 0 spiro atoms. The lowest BCUT2D eigenvalue weighted by Gasteiger charge is -2.30. The fourth-order valence-corrected chi connectivity index (χ4v) is 2.52. The van der Waals surface area contributed by atoms with Crippen molar-refractivity contribution in [2.24, 2.45) is 5.92 Å². The number of carbonyl (C=O) groups is 2. The number of nitrogens with zero attached hydrogens (tertiary/aromatic N) is 2. The third-order valence-electron chi connectivity index (χ3n) is 3.45. The topological polar surface area (TPSA) is 101 Å². The summed E-state index contributed by atoms with van der Waals surface area (Å²) in [7, 11) is 0. The van der Waals surface area contributed by atoms with Gasteiger partial charge in [0, 0.05) is 24.7 Å². The van der Waals surface area contributed by atoms with Crippen LogP contribution in [0.4, 0.5) is 5.69 Å². The van der Waals surface area contributed by atoms with Crippen molar-refractivity contribution in [3.8, 4) is 0 Å². The minimum atomic E-state index is -0.936. The van der Waals surface area contributed by atoms with E-state index < -0.39 is 22.7 Å². The van der Waals surface area contributed by atoms with Gasteiger partial charge >= 0.3 is 5.97 Å². The maximum atomic E-state index is 12.3. The van der Waals surface area contributed by atoms with Crippen molar-refractivity contribution in [1.82, 2.24) is 4.90 Å². The molecule has 0 unspecified atom stereocenters. The normalized spacial score (nSPS) is 18.3. The van der Waals surface area contributed by atoms with Crippen LogP contribution in [0.5, 0.6) is 0 Å². The van der Waals surface area contributed by atoms with Crippen molar-refractivity contribution in [2.45, 2.75) is 12.8 Å².